The van der Waals surface area contributed by atoms with Gasteiger partial charge in [-0.15, -0.1) is 0 Å². The van der Waals surface area contributed by atoms with Crippen molar-refractivity contribution in [2.24, 2.45) is 0 Å². The number of fused-ring (bicyclic) bond motifs is 1. The van der Waals surface area contributed by atoms with Crippen molar-refractivity contribution in [3.8, 4) is 11.5 Å². The van der Waals surface area contributed by atoms with E-state index in [1.54, 1.807) is 12.1 Å². The van der Waals surface area contributed by atoms with Crippen molar-refractivity contribution in [1.29, 1.82) is 0 Å². The van der Waals surface area contributed by atoms with E-state index in [-0.39, 0.29) is 18.3 Å². The van der Waals surface area contributed by atoms with Crippen LogP contribution < -0.4 is 25.6 Å². The molecule has 0 aliphatic carbocycles. The number of aryl methyl sites for hydroxylation is 1. The van der Waals surface area contributed by atoms with Crippen LogP contribution in [0.4, 0.5) is 0 Å². The minimum Gasteiger partial charge on any atom is -0.484 e. The molecule has 0 atom stereocenters. The second-order valence-electron chi connectivity index (χ2n) is 6.52. The largest absolute Gasteiger partial charge is 0.484 e. The van der Waals surface area contributed by atoms with Gasteiger partial charge in [-0.25, -0.2) is 0 Å². The maximum atomic E-state index is 12.0. The van der Waals surface area contributed by atoms with E-state index in [1.807, 2.05) is 55.5 Å². The van der Waals surface area contributed by atoms with Crippen molar-refractivity contribution in [2.75, 3.05) is 13.2 Å². The van der Waals surface area contributed by atoms with Crippen LogP contribution in [0.25, 0.3) is 10.8 Å². The third-order valence-corrected chi connectivity index (χ3v) is 5.27. The second kappa shape index (κ2) is 10.7. The summed E-state index contributed by atoms with van der Waals surface area (Å²) in [4.78, 5) is 24.0. The van der Waals surface area contributed by atoms with Gasteiger partial charge in [0.05, 0.1) is 0 Å². The Labute approximate surface area is 193 Å². The smallest absolute Gasteiger partial charge is 0.276 e. The molecule has 0 saturated heterocycles. The molecular weight excluding hydrogens is 482 g/mol. The Balaban J connectivity index is 1.39. The predicted molar refractivity (Wildman–Crippen MR) is 126 cm³/mol. The number of carbonyl (C=O) groups excluding carboxylic acids is 2. The van der Waals surface area contributed by atoms with Gasteiger partial charge in [0.25, 0.3) is 11.8 Å². The Bertz CT molecular complexity index is 1120. The first-order valence-electron chi connectivity index (χ1n) is 9.30. The van der Waals surface area contributed by atoms with Crippen LogP contribution >= 0.6 is 28.1 Å². The molecule has 3 rings (SSSR count). The van der Waals surface area contributed by atoms with Gasteiger partial charge in [-0.1, -0.05) is 52.3 Å². The lowest BCUT2D eigenvalue weighted by atomic mass is 10.1. The Kier molecular flexibility index (Phi) is 7.80. The Morgan fingerprint density at radius 3 is 2.48 bits per heavy atom. The molecule has 0 bridgehead atoms. The number of hydrogen-bond donors (Lipinski definition) is 3. The lowest BCUT2D eigenvalue weighted by molar-refractivity contribution is -0.124. The van der Waals surface area contributed by atoms with Crippen molar-refractivity contribution >= 4 is 55.8 Å². The monoisotopic (exact) mass is 501 g/mol. The topological polar surface area (TPSA) is 88.7 Å². The lowest BCUT2D eigenvalue weighted by Gasteiger charge is -2.13. The summed E-state index contributed by atoms with van der Waals surface area (Å²) in [6.07, 6.45) is 0. The fourth-order valence-corrected chi connectivity index (χ4v) is 3.09. The number of halogens is 1. The van der Waals surface area contributed by atoms with Gasteiger partial charge in [0.2, 0.25) is 0 Å². The van der Waals surface area contributed by atoms with E-state index in [0.29, 0.717) is 11.5 Å². The first-order chi connectivity index (χ1) is 14.9. The molecule has 3 aromatic rings. The molecule has 0 saturated carbocycles. The zero-order chi connectivity index (χ0) is 22.2. The number of amides is 2. The maximum absolute atomic E-state index is 12.0. The molecule has 0 fully saturated rings. The number of nitrogens with one attached hydrogen (secondary N) is 3. The van der Waals surface area contributed by atoms with Crippen LogP contribution in [0.2, 0.25) is 0 Å². The van der Waals surface area contributed by atoms with E-state index >= 15 is 0 Å². The number of ether oxygens (including phenoxy) is 2. The Morgan fingerprint density at radius 2 is 1.68 bits per heavy atom. The summed E-state index contributed by atoms with van der Waals surface area (Å²) < 4.78 is 12.0. The minimum atomic E-state index is -0.459. The average molecular weight is 502 g/mol. The lowest BCUT2D eigenvalue weighted by Crippen LogP contribution is -2.50. The van der Waals surface area contributed by atoms with Crippen LogP contribution in [0, 0.1) is 6.92 Å². The summed E-state index contributed by atoms with van der Waals surface area (Å²) in [5, 5.41) is 4.29. The molecule has 3 aromatic carbocycles. The van der Waals surface area contributed by atoms with E-state index in [0.717, 1.165) is 20.8 Å². The van der Waals surface area contributed by atoms with Gasteiger partial charge in [0.15, 0.2) is 18.3 Å². The van der Waals surface area contributed by atoms with Crippen molar-refractivity contribution < 1.29 is 19.1 Å². The summed E-state index contributed by atoms with van der Waals surface area (Å²) in [5.41, 5.74) is 5.83. The third kappa shape index (κ3) is 6.66. The van der Waals surface area contributed by atoms with Gasteiger partial charge < -0.3 is 9.47 Å². The number of thiocarbonyl (C=S) groups is 1. The van der Waals surface area contributed by atoms with E-state index in [4.69, 9.17) is 21.7 Å². The number of carbonyl (C=O) groups is 2. The van der Waals surface area contributed by atoms with E-state index in [1.165, 1.54) is 0 Å². The van der Waals surface area contributed by atoms with E-state index < -0.39 is 11.8 Å². The van der Waals surface area contributed by atoms with Crippen LogP contribution in [0.1, 0.15) is 5.56 Å². The molecule has 0 radical (unpaired) electrons. The highest BCUT2D eigenvalue weighted by molar-refractivity contribution is 9.10. The number of hydrazine groups is 1. The molecule has 0 heterocycles. The quantitative estimate of drug-likeness (QED) is 0.354. The molecular formula is C22H20BrN3O4S. The van der Waals surface area contributed by atoms with Crippen molar-refractivity contribution in [3.05, 3.63) is 70.7 Å². The Morgan fingerprint density at radius 1 is 0.935 bits per heavy atom. The van der Waals surface area contributed by atoms with E-state index in [2.05, 4.69) is 32.1 Å². The summed E-state index contributed by atoms with van der Waals surface area (Å²) >= 11 is 8.40. The van der Waals surface area contributed by atoms with Gasteiger partial charge in [-0.3, -0.25) is 25.8 Å². The Hall–Kier alpha value is -3.17. The summed E-state index contributed by atoms with van der Waals surface area (Å²) in [5.74, 6) is 0.253. The first-order valence-corrected chi connectivity index (χ1v) is 10.5. The summed E-state index contributed by atoms with van der Waals surface area (Å²) in [6.45, 7) is 1.48. The van der Waals surface area contributed by atoms with Crippen molar-refractivity contribution in [1.82, 2.24) is 16.2 Å². The molecule has 0 aromatic heterocycles. The molecule has 0 unspecified atom stereocenters. The molecule has 2 amide bonds. The fraction of sp³-hybridized carbons (Fsp3) is 0.136. The highest BCUT2D eigenvalue weighted by Crippen LogP contribution is 2.25. The van der Waals surface area contributed by atoms with Crippen LogP contribution in [0.15, 0.2) is 65.1 Å². The third-order valence-electron chi connectivity index (χ3n) is 4.18. The van der Waals surface area contributed by atoms with Gasteiger partial charge >= 0.3 is 0 Å². The van der Waals surface area contributed by atoms with Gasteiger partial charge in [0.1, 0.15) is 11.5 Å². The normalized spacial score (nSPS) is 10.3. The minimum absolute atomic E-state index is 0.0564. The van der Waals surface area contributed by atoms with Gasteiger partial charge in [-0.2, -0.15) is 0 Å². The zero-order valence-electron chi connectivity index (χ0n) is 16.6. The molecule has 160 valence electrons. The van der Waals surface area contributed by atoms with Crippen LogP contribution in [-0.4, -0.2) is 30.1 Å². The summed E-state index contributed by atoms with van der Waals surface area (Å²) in [7, 11) is 0. The average Bonchev–Trinajstić information content (AvgIpc) is 2.77. The van der Waals surface area contributed by atoms with Gasteiger partial charge in [-0.05, 0) is 54.4 Å². The van der Waals surface area contributed by atoms with Crippen LogP contribution in [0.5, 0.6) is 11.5 Å². The van der Waals surface area contributed by atoms with Gasteiger partial charge in [0, 0.05) is 9.86 Å². The molecule has 9 heteroatoms. The highest BCUT2D eigenvalue weighted by Gasteiger charge is 2.09. The molecule has 0 spiro atoms. The summed E-state index contributed by atoms with van der Waals surface area (Å²) in [6, 6.07) is 18.7. The standard InChI is InChI=1S/C22H20BrN3O4S/c1-14-11-16(9-10-18(14)23)29-12-20(27)24-22(31)26-25-21(28)13-30-19-8-4-6-15-5-2-3-7-17(15)19/h2-11H,12-13H2,1H3,(H,25,28)(H2,24,26,27,31). The molecule has 31 heavy (non-hydrogen) atoms. The number of hydrogen-bond acceptors (Lipinski definition) is 5. The molecule has 0 aliphatic rings. The molecule has 7 nitrogen and oxygen atoms in total. The highest BCUT2D eigenvalue weighted by atomic mass is 79.9. The van der Waals surface area contributed by atoms with Crippen molar-refractivity contribution in [2.45, 2.75) is 6.92 Å². The first kappa shape index (κ1) is 22.5. The molecule has 3 N–H and O–H groups in total. The van der Waals surface area contributed by atoms with Crippen molar-refractivity contribution in [3.63, 3.8) is 0 Å². The number of benzene rings is 3. The maximum Gasteiger partial charge on any atom is 0.276 e. The molecule has 0 aliphatic heterocycles. The number of rotatable bonds is 6. The second-order valence-corrected chi connectivity index (χ2v) is 7.78. The predicted octanol–water partition coefficient (Wildman–Crippen LogP) is 3.39. The van der Waals surface area contributed by atoms with E-state index in [9.17, 15) is 9.59 Å². The SMILES string of the molecule is Cc1cc(OCC(=O)NC(=S)NNC(=O)COc2cccc3ccccc23)ccc1Br. The fourth-order valence-electron chi connectivity index (χ4n) is 2.68. The zero-order valence-corrected chi connectivity index (χ0v) is 19.0. The van der Waals surface area contributed by atoms with Crippen LogP contribution in [-0.2, 0) is 9.59 Å². The van der Waals surface area contributed by atoms with Crippen LogP contribution in [0.3, 0.4) is 0 Å².